The number of rotatable bonds is 4. The maximum atomic E-state index is 12.2. The summed E-state index contributed by atoms with van der Waals surface area (Å²) >= 11 is 0. The fraction of sp³-hybridized carbons (Fsp3) is 0.312. The van der Waals surface area contributed by atoms with E-state index in [-0.39, 0.29) is 11.9 Å². The molecule has 1 unspecified atom stereocenters. The highest BCUT2D eigenvalue weighted by Crippen LogP contribution is 2.17. The third-order valence-electron chi connectivity index (χ3n) is 3.24. The van der Waals surface area contributed by atoms with Crippen LogP contribution in [0.4, 0.5) is 0 Å². The Hall–Kier alpha value is -2.23. The molecule has 0 radical (unpaired) electrons. The smallest absolute Gasteiger partial charge is 0.254 e. The molecule has 0 spiro atoms. The van der Waals surface area contributed by atoms with Crippen molar-refractivity contribution in [3.8, 4) is 0 Å². The number of benzene rings is 1. The summed E-state index contributed by atoms with van der Waals surface area (Å²) in [6, 6.07) is 8.22. The van der Waals surface area contributed by atoms with Crippen LogP contribution < -0.4 is 5.32 Å². The minimum Gasteiger partial charge on any atom is -0.345 e. The summed E-state index contributed by atoms with van der Waals surface area (Å²) in [5, 5.41) is 3.02. The van der Waals surface area contributed by atoms with Crippen LogP contribution in [0, 0.1) is 13.8 Å². The number of amides is 1. The van der Waals surface area contributed by atoms with E-state index in [9.17, 15) is 4.79 Å². The summed E-state index contributed by atoms with van der Waals surface area (Å²) < 4.78 is 0. The van der Waals surface area contributed by atoms with E-state index in [0.717, 1.165) is 12.0 Å². The van der Waals surface area contributed by atoms with E-state index < -0.39 is 0 Å². The largest absolute Gasteiger partial charge is 0.345 e. The van der Waals surface area contributed by atoms with Crippen molar-refractivity contribution < 1.29 is 4.79 Å². The summed E-state index contributed by atoms with van der Waals surface area (Å²) in [4.78, 5) is 20.3. The number of hydrogen-bond acceptors (Lipinski definition) is 3. The van der Waals surface area contributed by atoms with Crippen LogP contribution in [0.5, 0.6) is 0 Å². The predicted molar refractivity (Wildman–Crippen MR) is 78.4 cm³/mol. The van der Waals surface area contributed by atoms with Crippen molar-refractivity contribution >= 4 is 5.91 Å². The van der Waals surface area contributed by atoms with Gasteiger partial charge in [0.15, 0.2) is 0 Å². The van der Waals surface area contributed by atoms with Crippen molar-refractivity contribution in [2.24, 2.45) is 0 Å². The van der Waals surface area contributed by atoms with E-state index in [0.29, 0.717) is 11.4 Å². The third kappa shape index (κ3) is 3.41. The highest BCUT2D eigenvalue weighted by Gasteiger charge is 2.14. The first kappa shape index (κ1) is 14.2. The molecular formula is C16H19N3O. The molecule has 0 aliphatic rings. The van der Waals surface area contributed by atoms with Gasteiger partial charge in [-0.3, -0.25) is 4.79 Å². The minimum atomic E-state index is -0.141. The Morgan fingerprint density at radius 3 is 2.30 bits per heavy atom. The van der Waals surface area contributed by atoms with Crippen LogP contribution in [-0.4, -0.2) is 15.9 Å². The third-order valence-corrected chi connectivity index (χ3v) is 3.24. The fourth-order valence-electron chi connectivity index (χ4n) is 1.97. The molecule has 1 heterocycles. The highest BCUT2D eigenvalue weighted by atomic mass is 16.1. The van der Waals surface area contributed by atoms with Crippen LogP contribution >= 0.6 is 0 Å². The lowest BCUT2D eigenvalue weighted by atomic mass is 10.0. The monoisotopic (exact) mass is 269 g/mol. The van der Waals surface area contributed by atoms with Gasteiger partial charge >= 0.3 is 0 Å². The lowest BCUT2D eigenvalue weighted by Crippen LogP contribution is -2.28. The van der Waals surface area contributed by atoms with Gasteiger partial charge in [-0.05, 0) is 25.8 Å². The van der Waals surface area contributed by atoms with Crippen molar-refractivity contribution in [2.45, 2.75) is 33.2 Å². The zero-order valence-electron chi connectivity index (χ0n) is 12.1. The second-order valence-corrected chi connectivity index (χ2v) is 4.86. The summed E-state index contributed by atoms with van der Waals surface area (Å²) in [5.74, 6) is 0.518. The molecule has 0 aliphatic heterocycles. The molecule has 1 aromatic carbocycles. The summed E-state index contributed by atoms with van der Waals surface area (Å²) in [6.07, 6.45) is 3.95. The Labute approximate surface area is 119 Å². The van der Waals surface area contributed by atoms with E-state index in [4.69, 9.17) is 0 Å². The molecule has 0 saturated heterocycles. The van der Waals surface area contributed by atoms with Gasteiger partial charge in [0.1, 0.15) is 5.82 Å². The Kier molecular flexibility index (Phi) is 4.45. The van der Waals surface area contributed by atoms with Gasteiger partial charge in [-0.15, -0.1) is 0 Å². The lowest BCUT2D eigenvalue weighted by Gasteiger charge is -2.17. The molecule has 0 fully saturated rings. The van der Waals surface area contributed by atoms with Gasteiger partial charge in [-0.25, -0.2) is 9.97 Å². The molecule has 0 aliphatic carbocycles. The first-order valence-corrected chi connectivity index (χ1v) is 6.76. The van der Waals surface area contributed by atoms with Crippen LogP contribution in [0.25, 0.3) is 0 Å². The molecule has 20 heavy (non-hydrogen) atoms. The van der Waals surface area contributed by atoms with Crippen molar-refractivity contribution in [2.75, 3.05) is 0 Å². The van der Waals surface area contributed by atoms with E-state index in [1.807, 2.05) is 6.92 Å². The zero-order chi connectivity index (χ0) is 14.5. The minimum absolute atomic E-state index is 0.00408. The molecule has 4 heteroatoms. The Balaban J connectivity index is 2.11. The summed E-state index contributed by atoms with van der Waals surface area (Å²) in [6.45, 7) is 5.90. The lowest BCUT2D eigenvalue weighted by molar-refractivity contribution is 0.0935. The number of nitrogens with zero attached hydrogens (tertiary/aromatic N) is 2. The molecule has 2 aromatic rings. The predicted octanol–water partition coefficient (Wildman–Crippen LogP) is 2.97. The Bertz CT molecular complexity index is 576. The molecule has 0 saturated carbocycles. The maximum absolute atomic E-state index is 12.2. The summed E-state index contributed by atoms with van der Waals surface area (Å²) in [7, 11) is 0. The number of hydrogen-bond donors (Lipinski definition) is 1. The summed E-state index contributed by atoms with van der Waals surface area (Å²) in [5.41, 5.74) is 2.81. The van der Waals surface area contributed by atoms with Crippen LogP contribution in [0.2, 0.25) is 0 Å². The average molecular weight is 269 g/mol. The topological polar surface area (TPSA) is 54.9 Å². The Morgan fingerprint density at radius 1 is 1.15 bits per heavy atom. The van der Waals surface area contributed by atoms with Gasteiger partial charge in [0.2, 0.25) is 0 Å². The van der Waals surface area contributed by atoms with Crippen LogP contribution in [0.3, 0.4) is 0 Å². The fourth-order valence-corrected chi connectivity index (χ4v) is 1.97. The number of carbonyl (C=O) groups excluding carboxylic acids is 1. The quantitative estimate of drug-likeness (QED) is 0.928. The van der Waals surface area contributed by atoms with Gasteiger partial charge < -0.3 is 5.32 Å². The van der Waals surface area contributed by atoms with Gasteiger partial charge in [0, 0.05) is 12.4 Å². The van der Waals surface area contributed by atoms with Gasteiger partial charge in [-0.2, -0.15) is 0 Å². The zero-order valence-corrected chi connectivity index (χ0v) is 12.1. The second-order valence-electron chi connectivity index (χ2n) is 4.86. The number of aromatic nitrogens is 2. The van der Waals surface area contributed by atoms with Crippen LogP contribution in [-0.2, 0) is 0 Å². The van der Waals surface area contributed by atoms with Crippen molar-refractivity contribution in [3.63, 3.8) is 0 Å². The highest BCUT2D eigenvalue weighted by molar-refractivity contribution is 5.93. The van der Waals surface area contributed by atoms with Crippen molar-refractivity contribution in [1.82, 2.24) is 15.3 Å². The molecule has 1 atom stereocenters. The molecule has 1 aromatic heterocycles. The van der Waals surface area contributed by atoms with E-state index in [1.165, 1.54) is 5.56 Å². The maximum Gasteiger partial charge on any atom is 0.254 e. The first-order valence-electron chi connectivity index (χ1n) is 6.76. The van der Waals surface area contributed by atoms with Gasteiger partial charge in [-0.1, -0.05) is 36.8 Å². The Morgan fingerprint density at radius 2 is 1.75 bits per heavy atom. The van der Waals surface area contributed by atoms with E-state index in [1.54, 1.807) is 19.3 Å². The SMILES string of the molecule is CCC(NC(=O)c1cnc(C)nc1)c1ccc(C)cc1. The van der Waals surface area contributed by atoms with Crippen molar-refractivity contribution in [1.29, 1.82) is 0 Å². The first-order chi connectivity index (χ1) is 9.60. The van der Waals surface area contributed by atoms with Crippen molar-refractivity contribution in [3.05, 3.63) is 59.2 Å². The van der Waals surface area contributed by atoms with E-state index in [2.05, 4.69) is 46.5 Å². The van der Waals surface area contributed by atoms with Crippen LogP contribution in [0.15, 0.2) is 36.7 Å². The average Bonchev–Trinajstić information content (AvgIpc) is 2.46. The molecule has 2 rings (SSSR count). The molecule has 4 nitrogen and oxygen atoms in total. The number of nitrogens with one attached hydrogen (secondary N) is 1. The number of carbonyl (C=O) groups is 1. The van der Waals surface area contributed by atoms with Crippen LogP contribution in [0.1, 0.15) is 46.7 Å². The van der Waals surface area contributed by atoms with E-state index >= 15 is 0 Å². The molecule has 1 N–H and O–H groups in total. The van der Waals surface area contributed by atoms with Gasteiger partial charge in [0.25, 0.3) is 5.91 Å². The molecule has 1 amide bonds. The standard InChI is InChI=1S/C16H19N3O/c1-4-15(13-7-5-11(2)6-8-13)19-16(20)14-9-17-12(3)18-10-14/h5-10,15H,4H2,1-3H3,(H,19,20). The molecular weight excluding hydrogens is 250 g/mol. The molecule has 104 valence electrons. The van der Waals surface area contributed by atoms with Gasteiger partial charge in [0.05, 0.1) is 11.6 Å². The number of aryl methyl sites for hydroxylation is 2. The normalized spacial score (nSPS) is 11.9. The molecule has 0 bridgehead atoms. The second kappa shape index (κ2) is 6.28.